The van der Waals surface area contributed by atoms with E-state index in [0.717, 1.165) is 0 Å². The summed E-state index contributed by atoms with van der Waals surface area (Å²) in [4.78, 5) is 20.1. The molecule has 0 spiro atoms. The van der Waals surface area contributed by atoms with Crippen LogP contribution in [-0.4, -0.2) is 23.0 Å². The normalized spacial score (nSPS) is 11.4. The van der Waals surface area contributed by atoms with Crippen LogP contribution in [0.25, 0.3) is 0 Å². The van der Waals surface area contributed by atoms with Gasteiger partial charge in [0.25, 0.3) is 0 Å². The molecule has 0 aromatic heterocycles. The van der Waals surface area contributed by atoms with E-state index in [9.17, 15) is 9.59 Å². The summed E-state index contributed by atoms with van der Waals surface area (Å²) in [5.74, 6) is -1.64. The summed E-state index contributed by atoms with van der Waals surface area (Å²) >= 11 is 0. The van der Waals surface area contributed by atoms with E-state index in [0.29, 0.717) is 0 Å². The minimum absolute atomic E-state index is 0. The van der Waals surface area contributed by atoms with Crippen molar-refractivity contribution in [2.75, 3.05) is 0 Å². The van der Waals surface area contributed by atoms with E-state index in [4.69, 9.17) is 16.6 Å². The van der Waals surface area contributed by atoms with Crippen molar-refractivity contribution in [2.45, 2.75) is 18.9 Å². The summed E-state index contributed by atoms with van der Waals surface area (Å²) in [6.07, 6.45) is -0.0191. The van der Waals surface area contributed by atoms with Crippen LogP contribution in [0.5, 0.6) is 0 Å². The van der Waals surface area contributed by atoms with E-state index in [2.05, 4.69) is 0 Å². The molecule has 66 valence electrons. The molecule has 6 heteroatoms. The van der Waals surface area contributed by atoms with Crippen molar-refractivity contribution in [1.29, 1.82) is 0 Å². The maximum Gasteiger partial charge on any atom is 0.303 e. The van der Waals surface area contributed by atoms with Gasteiger partial charge in [0.15, 0.2) is 0 Å². The fourth-order valence-corrected chi connectivity index (χ4v) is 0.421. The number of carboxylic acids is 1. The number of hydrogen-bond acceptors (Lipinski definition) is 3. The van der Waals surface area contributed by atoms with Gasteiger partial charge in [-0.3, -0.25) is 9.59 Å². The molecule has 1 amide bonds. The first-order valence-corrected chi connectivity index (χ1v) is 2.80. The van der Waals surface area contributed by atoms with Crippen molar-refractivity contribution in [3.63, 3.8) is 0 Å². The number of primary amides is 1. The van der Waals surface area contributed by atoms with Gasteiger partial charge in [-0.05, 0) is 6.42 Å². The third kappa shape index (κ3) is 7.14. The molecular formula is C5H12N2O3S. The Morgan fingerprint density at radius 3 is 2.18 bits per heavy atom. The van der Waals surface area contributed by atoms with Crippen LogP contribution < -0.4 is 11.5 Å². The van der Waals surface area contributed by atoms with E-state index in [1.54, 1.807) is 0 Å². The van der Waals surface area contributed by atoms with Crippen molar-refractivity contribution < 1.29 is 14.7 Å². The number of rotatable bonds is 4. The second kappa shape index (κ2) is 5.99. The monoisotopic (exact) mass is 180 g/mol. The Kier molecular flexibility index (Phi) is 7.02. The third-order valence-electron chi connectivity index (χ3n) is 1.03. The number of nitrogens with two attached hydrogens (primary N) is 2. The summed E-state index contributed by atoms with van der Waals surface area (Å²) in [6, 6.07) is -0.837. The average Bonchev–Trinajstić information content (AvgIpc) is 1.82. The summed E-state index contributed by atoms with van der Waals surface area (Å²) in [5.41, 5.74) is 9.89. The average molecular weight is 180 g/mol. The van der Waals surface area contributed by atoms with Crippen molar-refractivity contribution in [2.24, 2.45) is 11.5 Å². The summed E-state index contributed by atoms with van der Waals surface area (Å²) in [6.45, 7) is 0. The molecule has 0 aromatic rings. The van der Waals surface area contributed by atoms with Gasteiger partial charge in [-0.2, -0.15) is 13.5 Å². The van der Waals surface area contributed by atoms with Crippen LogP contribution in [-0.2, 0) is 9.59 Å². The lowest BCUT2D eigenvalue weighted by Gasteiger charge is -2.02. The Balaban J connectivity index is 0. The third-order valence-corrected chi connectivity index (χ3v) is 1.03. The molecule has 5 nitrogen and oxygen atoms in total. The maximum absolute atomic E-state index is 10.2. The van der Waals surface area contributed by atoms with Crippen LogP contribution in [0.2, 0.25) is 0 Å². The standard InChI is InChI=1S/C5H10N2O3.H2S/c6-3(5(7)10)1-2-4(8)9;/h3H,1-2,6H2,(H2,7,10)(H,8,9);1H2/t3-;/m0./s1. The molecule has 0 unspecified atom stereocenters. The molecule has 0 aliphatic heterocycles. The van der Waals surface area contributed by atoms with Gasteiger partial charge in [0.05, 0.1) is 6.04 Å². The lowest BCUT2D eigenvalue weighted by Crippen LogP contribution is -2.36. The molecule has 11 heavy (non-hydrogen) atoms. The van der Waals surface area contributed by atoms with E-state index in [1.807, 2.05) is 0 Å². The van der Waals surface area contributed by atoms with Crippen molar-refractivity contribution in [3.05, 3.63) is 0 Å². The van der Waals surface area contributed by atoms with Gasteiger partial charge in [0.2, 0.25) is 5.91 Å². The van der Waals surface area contributed by atoms with Crippen LogP contribution >= 0.6 is 13.5 Å². The predicted octanol–water partition coefficient (Wildman–Crippen LogP) is -1.22. The van der Waals surface area contributed by atoms with Gasteiger partial charge in [0.1, 0.15) is 0 Å². The van der Waals surface area contributed by atoms with Gasteiger partial charge in [-0.15, -0.1) is 0 Å². The van der Waals surface area contributed by atoms with Crippen LogP contribution in [0.3, 0.4) is 0 Å². The number of amides is 1. The first-order valence-electron chi connectivity index (χ1n) is 2.80. The first kappa shape index (κ1) is 12.9. The zero-order valence-electron chi connectivity index (χ0n) is 5.91. The number of carbonyl (C=O) groups excluding carboxylic acids is 1. The second-order valence-electron chi connectivity index (χ2n) is 1.94. The molecule has 0 fully saturated rings. The van der Waals surface area contributed by atoms with Gasteiger partial charge >= 0.3 is 5.97 Å². The van der Waals surface area contributed by atoms with Crippen LogP contribution in [0.4, 0.5) is 0 Å². The van der Waals surface area contributed by atoms with E-state index in [1.165, 1.54) is 0 Å². The fraction of sp³-hybridized carbons (Fsp3) is 0.600. The maximum atomic E-state index is 10.2. The van der Waals surface area contributed by atoms with Crippen molar-refractivity contribution in [1.82, 2.24) is 0 Å². The number of aliphatic carboxylic acids is 1. The van der Waals surface area contributed by atoms with Gasteiger partial charge in [-0.1, -0.05) is 0 Å². The van der Waals surface area contributed by atoms with Gasteiger partial charge in [0, 0.05) is 6.42 Å². The first-order chi connectivity index (χ1) is 4.54. The van der Waals surface area contributed by atoms with E-state index < -0.39 is 17.9 Å². The summed E-state index contributed by atoms with van der Waals surface area (Å²) < 4.78 is 0. The molecule has 0 bridgehead atoms. The molecule has 0 saturated heterocycles. The number of carboxylic acid groups (broad SMARTS) is 1. The Bertz CT molecular complexity index is 151. The van der Waals surface area contributed by atoms with E-state index >= 15 is 0 Å². The van der Waals surface area contributed by atoms with Gasteiger partial charge < -0.3 is 16.6 Å². The van der Waals surface area contributed by atoms with Crippen LogP contribution in [0.15, 0.2) is 0 Å². The topological polar surface area (TPSA) is 106 Å². The molecule has 1 atom stereocenters. The molecular weight excluding hydrogens is 168 g/mol. The van der Waals surface area contributed by atoms with Crippen molar-refractivity contribution in [3.8, 4) is 0 Å². The Hall–Kier alpha value is -0.750. The van der Waals surface area contributed by atoms with Crippen molar-refractivity contribution >= 4 is 25.4 Å². The Morgan fingerprint density at radius 1 is 1.45 bits per heavy atom. The molecule has 0 rings (SSSR count). The molecule has 0 aliphatic carbocycles. The molecule has 0 aromatic carbocycles. The molecule has 0 aliphatic rings. The molecule has 0 radical (unpaired) electrons. The molecule has 0 heterocycles. The second-order valence-corrected chi connectivity index (χ2v) is 1.94. The smallest absolute Gasteiger partial charge is 0.303 e. The summed E-state index contributed by atoms with van der Waals surface area (Å²) in [5, 5.41) is 8.14. The highest BCUT2D eigenvalue weighted by atomic mass is 32.1. The zero-order chi connectivity index (χ0) is 8.15. The number of hydrogen-bond donors (Lipinski definition) is 3. The minimum atomic E-state index is -0.975. The highest BCUT2D eigenvalue weighted by Gasteiger charge is 2.10. The predicted molar refractivity (Wildman–Crippen MR) is 44.4 cm³/mol. The lowest BCUT2D eigenvalue weighted by atomic mass is 10.1. The van der Waals surface area contributed by atoms with Gasteiger partial charge in [-0.25, -0.2) is 0 Å². The molecule has 0 saturated carbocycles. The largest absolute Gasteiger partial charge is 0.481 e. The highest BCUT2D eigenvalue weighted by Crippen LogP contribution is 1.92. The molecule has 5 N–H and O–H groups in total. The SMILES string of the molecule is NC(=O)[C@@H](N)CCC(=O)O.S. The Labute approximate surface area is 71.2 Å². The minimum Gasteiger partial charge on any atom is -0.481 e. The Morgan fingerprint density at radius 2 is 1.91 bits per heavy atom. The van der Waals surface area contributed by atoms with Crippen LogP contribution in [0, 0.1) is 0 Å². The number of carbonyl (C=O) groups is 2. The highest BCUT2D eigenvalue weighted by molar-refractivity contribution is 7.59. The lowest BCUT2D eigenvalue weighted by molar-refractivity contribution is -0.137. The van der Waals surface area contributed by atoms with Crippen LogP contribution in [0.1, 0.15) is 12.8 Å². The summed E-state index contributed by atoms with van der Waals surface area (Å²) in [7, 11) is 0. The zero-order valence-corrected chi connectivity index (χ0v) is 6.91. The quantitative estimate of drug-likeness (QED) is 0.504. The van der Waals surface area contributed by atoms with E-state index in [-0.39, 0.29) is 26.3 Å². The fourth-order valence-electron chi connectivity index (χ4n) is 0.421.